The van der Waals surface area contributed by atoms with Crippen molar-refractivity contribution in [1.29, 1.82) is 0 Å². The van der Waals surface area contributed by atoms with Gasteiger partial charge in [0.1, 0.15) is 11.2 Å². The van der Waals surface area contributed by atoms with Crippen molar-refractivity contribution >= 4 is 92.9 Å². The number of hydrogen-bond acceptors (Lipinski definition) is 2. The minimum atomic E-state index is -2.79. The first kappa shape index (κ1) is 16.8. The smallest absolute Gasteiger partial charge is 0.136 e. The Morgan fingerprint density at radius 3 is 1.96 bits per heavy atom. The maximum Gasteiger partial charge on any atom is 0.136 e. The van der Waals surface area contributed by atoms with Crippen molar-refractivity contribution in [2.45, 2.75) is 19.2 Å². The van der Waals surface area contributed by atoms with Gasteiger partial charge in [0, 0.05) is 37.2 Å². The Morgan fingerprint density at radius 1 is 0.418 bits per heavy atom. The molecule has 1 unspecified atom stereocenters. The molecule has 0 aliphatic heterocycles. The van der Waals surface area contributed by atoms with Gasteiger partial charge in [0.15, 0.2) is 0 Å². The van der Waals surface area contributed by atoms with Gasteiger partial charge < -0.3 is 9.32 Å². The van der Waals surface area contributed by atoms with E-state index in [-0.39, 0.29) is 16.5 Å². The first-order valence-electron chi connectivity index (χ1n) is 38.6. The fraction of sp³-hybridized carbons (Fsp3) is 0.0462. The second-order valence-electron chi connectivity index (χ2n) is 15.5. The first-order valence-corrected chi connectivity index (χ1v) is 20.3. The lowest BCUT2D eigenvalue weighted by atomic mass is 9.82. The highest BCUT2D eigenvalue weighted by Gasteiger charge is 2.36. The molecule has 1 heterocycles. The highest BCUT2D eigenvalue weighted by Crippen LogP contribution is 2.53. The van der Waals surface area contributed by atoms with Gasteiger partial charge in [-0.2, -0.15) is 0 Å². The van der Waals surface area contributed by atoms with Gasteiger partial charge in [-0.15, -0.1) is 0 Å². The molecule has 1 atom stereocenters. The Bertz CT molecular complexity index is 6260. The Morgan fingerprint density at radius 2 is 1.10 bits per heavy atom. The number of furan rings is 1. The predicted octanol–water partition coefficient (Wildman–Crippen LogP) is 18.5. The van der Waals surface area contributed by atoms with E-state index in [1.165, 1.54) is 6.07 Å². The number of hydrogen-bond donors (Lipinski definition) is 0. The molecule has 0 bridgehead atoms. The molecule has 14 rings (SSSR count). The highest BCUT2D eigenvalue weighted by molar-refractivity contribution is 6.27. The highest BCUT2D eigenvalue weighted by atomic mass is 16.3. The van der Waals surface area contributed by atoms with Crippen LogP contribution in [-0.2, 0) is 5.41 Å². The van der Waals surface area contributed by atoms with Gasteiger partial charge >= 0.3 is 0 Å². The van der Waals surface area contributed by atoms with Gasteiger partial charge in [0.05, 0.1) is 50.9 Å². The Labute approximate surface area is 439 Å². The first-order chi connectivity index (χ1) is 48.2. The third-order valence-electron chi connectivity index (χ3n) is 11.7. The van der Waals surface area contributed by atoms with Crippen molar-refractivity contribution in [2.75, 3.05) is 4.90 Å². The van der Waals surface area contributed by atoms with E-state index in [1.807, 2.05) is 0 Å². The maximum absolute atomic E-state index is 11.0. The molecule has 0 amide bonds. The van der Waals surface area contributed by atoms with Crippen LogP contribution in [0.2, 0.25) is 0 Å². The van der Waals surface area contributed by atoms with Crippen molar-refractivity contribution in [3.8, 4) is 33.4 Å². The lowest BCUT2D eigenvalue weighted by Gasteiger charge is -2.31. The minimum absolute atomic E-state index is 0.238. The molecule has 2 heteroatoms. The van der Waals surface area contributed by atoms with Crippen LogP contribution in [0, 0.1) is 0 Å². The summed E-state index contributed by atoms with van der Waals surface area (Å²) in [5.74, 6) is 0. The summed E-state index contributed by atoms with van der Waals surface area (Å²) in [5, 5.41) is -8.12. The lowest BCUT2D eigenvalue weighted by Crippen LogP contribution is -2.17. The molecule has 1 aliphatic carbocycles. The van der Waals surface area contributed by atoms with Crippen LogP contribution in [0.1, 0.15) is 74.2 Å². The molecule has 0 saturated carbocycles. The summed E-state index contributed by atoms with van der Waals surface area (Å²) >= 11 is 0. The zero-order chi connectivity index (χ0) is 75.4. The standard InChI is InChI=1S/C65H43NO/c1-65(2)60-23-13-12-22-53(60)54-32-29-46(37-61(54)65)66(45-28-31-48-43(34-45)25-24-41-16-6-7-17-47(41)48)62-39-58-52-21-11-9-19-50(52)49-18-8-10-20-51(49)57(58)38-56(62)44-27-33-63-59(35-44)55-30-26-42(36-64(55)67-63)40-14-4-3-5-15-40/h3-39H,1-2H3/i1D,2D2,3D,4D,5D,7D,8D,9D,10D,11D,12D,13D,14D,17D,18D,19D,20D,21D,22D,23D,24D,25D,26D,27D,28D,29D,30D,31D,32D,33D,34D,35D,37D,38D,39D. The molecule has 0 saturated heterocycles. The van der Waals surface area contributed by atoms with Crippen molar-refractivity contribution in [3.05, 3.63) is 235 Å². The average molecular weight is 890 g/mol. The zero-order valence-electron chi connectivity index (χ0n) is 69.9. The summed E-state index contributed by atoms with van der Waals surface area (Å²) in [4.78, 5) is 0.389. The fourth-order valence-electron chi connectivity index (χ4n) is 8.67. The van der Waals surface area contributed by atoms with Crippen molar-refractivity contribution in [2.24, 2.45) is 0 Å². The number of anilines is 3. The lowest BCUT2D eigenvalue weighted by molar-refractivity contribution is 0.660. The van der Waals surface area contributed by atoms with Gasteiger partial charge in [-0.1, -0.05) is 177 Å². The molecule has 0 N–H and O–H groups in total. The van der Waals surface area contributed by atoms with Crippen molar-refractivity contribution in [3.63, 3.8) is 0 Å². The summed E-state index contributed by atoms with van der Waals surface area (Å²) in [7, 11) is 0. The monoisotopic (exact) mass is 890 g/mol. The molecule has 0 fully saturated rings. The van der Waals surface area contributed by atoms with Crippen LogP contribution in [0.25, 0.3) is 109 Å². The van der Waals surface area contributed by atoms with Gasteiger partial charge in [0.2, 0.25) is 0 Å². The summed E-state index contributed by atoms with van der Waals surface area (Å²) in [5.41, 5.74) is -13.5. The molecule has 2 nitrogen and oxygen atoms in total. The molecule has 13 aromatic rings. The average Bonchev–Trinajstić information content (AvgIpc) is 1.66. The van der Waals surface area contributed by atoms with Gasteiger partial charge in [-0.05, 0) is 153 Å². The molecular formula is C65H43NO. The normalized spacial score (nSPS) is 22.0. The van der Waals surface area contributed by atoms with E-state index in [4.69, 9.17) is 20.9 Å². The van der Waals surface area contributed by atoms with Crippen LogP contribution in [0.5, 0.6) is 0 Å². The third-order valence-corrected chi connectivity index (χ3v) is 11.7. The quantitative estimate of drug-likeness (QED) is 0.160. The van der Waals surface area contributed by atoms with Gasteiger partial charge in [-0.25, -0.2) is 0 Å². The third kappa shape index (κ3) is 5.70. The van der Waals surface area contributed by atoms with Crippen molar-refractivity contribution < 1.29 is 53.8 Å². The molecule has 0 radical (unpaired) electrons. The van der Waals surface area contributed by atoms with Crippen LogP contribution < -0.4 is 4.90 Å². The summed E-state index contributed by atoms with van der Waals surface area (Å²) < 4.78 is 347. The van der Waals surface area contributed by atoms with E-state index >= 15 is 0 Å². The Balaban J connectivity index is 1.31. The van der Waals surface area contributed by atoms with Gasteiger partial charge in [-0.3, -0.25) is 0 Å². The van der Waals surface area contributed by atoms with Crippen molar-refractivity contribution in [1.82, 2.24) is 0 Å². The zero-order valence-corrected chi connectivity index (χ0v) is 33.9. The Hall–Kier alpha value is -8.46. The van der Waals surface area contributed by atoms with Crippen LogP contribution in [0.3, 0.4) is 0 Å². The molecule has 67 heavy (non-hydrogen) atoms. The van der Waals surface area contributed by atoms with E-state index in [0.29, 0.717) is 4.90 Å². The SMILES string of the molecule is [2H]CC1(C([2H])[2H])c2c([2H])c([2H])c([2H])c([2H])c2-c2c([2H])c([2H])c(N(c3c([2H])c([2H])c4c(c3[2H])c([2H])c([2H])c3ccc([2H])c([2H])c34)c3c(-c4c([2H])c([2H])c5oc6cc(-c7cc([2H])c([2H])c([2H])c7[2H])c([2H])c([2H])c6c5c4[2H])c([2H])c4c5c([2H])c([2H])c([2H])c([2H])c5c5c([2H])c([2H])c([2H])c([2H])c5c4c3[2H])c([2H])c21. The van der Waals surface area contributed by atoms with E-state index < -0.39 is 339 Å². The molecule has 1 aliphatic rings. The van der Waals surface area contributed by atoms with E-state index in [2.05, 4.69) is 0 Å². The van der Waals surface area contributed by atoms with E-state index in [1.54, 1.807) is 0 Å². The largest absolute Gasteiger partial charge is 0.456 e. The molecule has 314 valence electrons. The number of benzene rings is 12. The second-order valence-corrected chi connectivity index (χ2v) is 15.5. The summed E-state index contributed by atoms with van der Waals surface area (Å²) in [6, 6.07) is -28.2. The predicted molar refractivity (Wildman–Crippen MR) is 284 cm³/mol. The summed E-state index contributed by atoms with van der Waals surface area (Å²) in [6.45, 7) is -3.78. The minimum Gasteiger partial charge on any atom is -0.456 e. The van der Waals surface area contributed by atoms with Crippen LogP contribution in [0.15, 0.2) is 228 Å². The van der Waals surface area contributed by atoms with Crippen LogP contribution >= 0.6 is 0 Å². The van der Waals surface area contributed by atoms with E-state index in [9.17, 15) is 32.9 Å². The van der Waals surface area contributed by atoms with Gasteiger partial charge in [0.25, 0.3) is 0 Å². The fourth-order valence-corrected chi connectivity index (χ4v) is 8.67. The number of rotatable bonds is 5. The van der Waals surface area contributed by atoms with E-state index in [0.717, 1.165) is 18.2 Å². The maximum atomic E-state index is 11.0. The van der Waals surface area contributed by atoms with Crippen LogP contribution in [0.4, 0.5) is 17.1 Å². The number of fused-ring (bicyclic) bond motifs is 15. The van der Waals surface area contributed by atoms with Crippen LogP contribution in [-0.4, -0.2) is 0 Å². The molecule has 1 aromatic heterocycles. The second kappa shape index (κ2) is 14.3. The molecule has 12 aromatic carbocycles. The summed E-state index contributed by atoms with van der Waals surface area (Å²) in [6.07, 6.45) is 0. The molecule has 0 spiro atoms. The number of nitrogens with zero attached hydrogens (tertiary/aromatic N) is 1. The molecular weight excluding hydrogens is 811 g/mol. The Kier molecular flexibility index (Phi) is 3.57. The topological polar surface area (TPSA) is 16.4 Å².